The van der Waals surface area contributed by atoms with Gasteiger partial charge in [-0.25, -0.2) is 4.98 Å². The average Bonchev–Trinajstić information content (AvgIpc) is 2.96. The van der Waals surface area contributed by atoms with Gasteiger partial charge < -0.3 is 18.2 Å². The highest BCUT2D eigenvalue weighted by molar-refractivity contribution is 7.53. The van der Waals surface area contributed by atoms with Crippen molar-refractivity contribution in [2.24, 2.45) is 0 Å². The third kappa shape index (κ3) is 4.19. The molecule has 0 unspecified atom stereocenters. The van der Waals surface area contributed by atoms with Crippen LogP contribution < -0.4 is 4.74 Å². The van der Waals surface area contributed by atoms with Crippen molar-refractivity contribution in [3.8, 4) is 17.2 Å². The molecule has 22 heavy (non-hydrogen) atoms. The van der Waals surface area contributed by atoms with Crippen molar-refractivity contribution in [1.82, 2.24) is 4.98 Å². The van der Waals surface area contributed by atoms with Crippen molar-refractivity contribution in [1.29, 1.82) is 0 Å². The molecule has 0 amide bonds. The summed E-state index contributed by atoms with van der Waals surface area (Å²) in [6.45, 7) is 4.19. The first-order valence-corrected chi connectivity index (χ1v) is 8.80. The number of oxazole rings is 1. The highest BCUT2D eigenvalue weighted by Crippen LogP contribution is 2.51. The zero-order valence-corrected chi connectivity index (χ0v) is 13.8. The lowest BCUT2D eigenvalue weighted by molar-refractivity contribution is 0.219. The largest absolute Gasteiger partial charge is 0.497 e. The number of benzene rings is 1. The van der Waals surface area contributed by atoms with E-state index in [4.69, 9.17) is 18.2 Å². The summed E-state index contributed by atoms with van der Waals surface area (Å²) in [6, 6.07) is 7.34. The van der Waals surface area contributed by atoms with Crippen LogP contribution in [0.4, 0.5) is 0 Å². The Hall–Kier alpha value is -1.62. The number of nitrogens with zero attached hydrogens (tertiary/aromatic N) is 1. The molecule has 120 valence electrons. The van der Waals surface area contributed by atoms with Gasteiger partial charge in [0, 0.05) is 5.56 Å². The molecule has 0 aliphatic rings. The van der Waals surface area contributed by atoms with Gasteiger partial charge in [-0.15, -0.1) is 0 Å². The van der Waals surface area contributed by atoms with Gasteiger partial charge in [-0.1, -0.05) is 0 Å². The van der Waals surface area contributed by atoms with E-state index in [-0.39, 0.29) is 6.16 Å². The summed E-state index contributed by atoms with van der Waals surface area (Å²) in [5, 5.41) is 0. The van der Waals surface area contributed by atoms with Crippen LogP contribution in [0.2, 0.25) is 0 Å². The SMILES string of the molecule is CCOP(=O)(Cc1coc(-c2ccc(OC)cc2)n1)OCC. The van der Waals surface area contributed by atoms with Crippen molar-refractivity contribution in [2.75, 3.05) is 20.3 Å². The third-order valence-corrected chi connectivity index (χ3v) is 4.91. The van der Waals surface area contributed by atoms with E-state index in [0.717, 1.165) is 11.3 Å². The van der Waals surface area contributed by atoms with Crippen LogP contribution in [0.3, 0.4) is 0 Å². The van der Waals surface area contributed by atoms with Crippen molar-refractivity contribution in [2.45, 2.75) is 20.0 Å². The molecule has 0 atom stereocenters. The molecule has 6 nitrogen and oxygen atoms in total. The minimum Gasteiger partial charge on any atom is -0.497 e. The molecule has 2 rings (SSSR count). The van der Waals surface area contributed by atoms with E-state index in [1.807, 2.05) is 24.3 Å². The fourth-order valence-corrected chi connectivity index (χ4v) is 3.55. The lowest BCUT2D eigenvalue weighted by Gasteiger charge is -2.15. The van der Waals surface area contributed by atoms with Gasteiger partial charge in [0.2, 0.25) is 5.89 Å². The maximum atomic E-state index is 12.5. The van der Waals surface area contributed by atoms with Crippen LogP contribution in [-0.4, -0.2) is 25.3 Å². The number of methoxy groups -OCH3 is 1. The fraction of sp³-hybridized carbons (Fsp3) is 0.400. The van der Waals surface area contributed by atoms with E-state index in [0.29, 0.717) is 24.8 Å². The summed E-state index contributed by atoms with van der Waals surface area (Å²) in [6.07, 6.45) is 1.57. The second-order valence-electron chi connectivity index (χ2n) is 4.48. The Morgan fingerprint density at radius 2 is 1.77 bits per heavy atom. The zero-order chi connectivity index (χ0) is 16.0. The van der Waals surface area contributed by atoms with Gasteiger partial charge in [-0.3, -0.25) is 4.57 Å². The number of hydrogen-bond donors (Lipinski definition) is 0. The van der Waals surface area contributed by atoms with E-state index in [1.165, 1.54) is 6.26 Å². The molecule has 1 aromatic heterocycles. The zero-order valence-electron chi connectivity index (χ0n) is 12.9. The Labute approximate surface area is 129 Å². The molecule has 0 saturated heterocycles. The summed E-state index contributed by atoms with van der Waals surface area (Å²) >= 11 is 0. The summed E-state index contributed by atoms with van der Waals surface area (Å²) < 4.78 is 33.5. The van der Waals surface area contributed by atoms with Gasteiger partial charge in [0.25, 0.3) is 0 Å². The average molecular weight is 325 g/mol. The van der Waals surface area contributed by atoms with Crippen LogP contribution in [0.1, 0.15) is 19.5 Å². The van der Waals surface area contributed by atoms with E-state index in [1.54, 1.807) is 21.0 Å². The Kier molecular flexibility index (Phi) is 5.77. The number of ether oxygens (including phenoxy) is 1. The second kappa shape index (κ2) is 7.58. The highest BCUT2D eigenvalue weighted by Gasteiger charge is 2.26. The van der Waals surface area contributed by atoms with Gasteiger partial charge in [0.1, 0.15) is 12.0 Å². The lowest BCUT2D eigenvalue weighted by atomic mass is 10.2. The first kappa shape index (κ1) is 16.7. The van der Waals surface area contributed by atoms with Gasteiger partial charge >= 0.3 is 7.60 Å². The van der Waals surface area contributed by atoms with Gasteiger partial charge in [-0.05, 0) is 38.1 Å². The van der Waals surface area contributed by atoms with E-state index in [2.05, 4.69) is 4.98 Å². The number of hydrogen-bond acceptors (Lipinski definition) is 6. The Morgan fingerprint density at radius 1 is 1.14 bits per heavy atom. The van der Waals surface area contributed by atoms with Crippen molar-refractivity contribution < 1.29 is 22.8 Å². The van der Waals surface area contributed by atoms with E-state index >= 15 is 0 Å². The molecule has 0 radical (unpaired) electrons. The topological polar surface area (TPSA) is 70.8 Å². The third-order valence-electron chi connectivity index (χ3n) is 2.90. The summed E-state index contributed by atoms with van der Waals surface area (Å²) in [5.41, 5.74) is 1.35. The lowest BCUT2D eigenvalue weighted by Crippen LogP contribution is -1.99. The molecule has 0 saturated carbocycles. The fourth-order valence-electron chi connectivity index (χ4n) is 1.97. The minimum atomic E-state index is -3.17. The monoisotopic (exact) mass is 325 g/mol. The molecule has 1 heterocycles. The molecule has 0 N–H and O–H groups in total. The predicted molar refractivity (Wildman–Crippen MR) is 83.1 cm³/mol. The van der Waals surface area contributed by atoms with E-state index < -0.39 is 7.60 Å². The molecular formula is C15H20NO5P. The Balaban J connectivity index is 2.14. The smallest absolute Gasteiger partial charge is 0.336 e. The summed E-state index contributed by atoms with van der Waals surface area (Å²) in [4.78, 5) is 4.35. The van der Waals surface area contributed by atoms with Crippen LogP contribution in [0, 0.1) is 0 Å². The van der Waals surface area contributed by atoms with Gasteiger partial charge in [-0.2, -0.15) is 0 Å². The van der Waals surface area contributed by atoms with Crippen LogP contribution in [0.15, 0.2) is 34.9 Å². The van der Waals surface area contributed by atoms with Crippen LogP contribution in [-0.2, 0) is 19.8 Å². The molecule has 0 bridgehead atoms. The standard InChI is InChI=1S/C15H20NO5P/c1-4-20-22(17,21-5-2)11-13-10-19-15(16-13)12-6-8-14(18-3)9-7-12/h6-10H,4-5,11H2,1-3H3. The maximum Gasteiger partial charge on any atom is 0.336 e. The molecule has 0 spiro atoms. The van der Waals surface area contributed by atoms with E-state index in [9.17, 15) is 4.57 Å². The van der Waals surface area contributed by atoms with Crippen LogP contribution in [0.5, 0.6) is 5.75 Å². The molecule has 2 aromatic rings. The van der Waals surface area contributed by atoms with Crippen molar-refractivity contribution >= 4 is 7.60 Å². The van der Waals surface area contributed by atoms with Crippen molar-refractivity contribution in [3.05, 3.63) is 36.2 Å². The van der Waals surface area contributed by atoms with Crippen LogP contribution in [0.25, 0.3) is 11.5 Å². The minimum absolute atomic E-state index is 0.0916. The first-order valence-electron chi connectivity index (χ1n) is 7.07. The summed E-state index contributed by atoms with van der Waals surface area (Å²) in [7, 11) is -1.57. The second-order valence-corrected chi connectivity index (χ2v) is 6.53. The highest BCUT2D eigenvalue weighted by atomic mass is 31.2. The predicted octanol–water partition coefficient (Wildman–Crippen LogP) is 4.12. The molecule has 1 aromatic carbocycles. The van der Waals surface area contributed by atoms with Gasteiger partial charge in [0.05, 0.1) is 32.2 Å². The van der Waals surface area contributed by atoms with Crippen molar-refractivity contribution in [3.63, 3.8) is 0 Å². The molecular weight excluding hydrogens is 305 g/mol. The number of rotatable bonds is 8. The Morgan fingerprint density at radius 3 is 2.32 bits per heavy atom. The molecule has 0 aliphatic heterocycles. The Bertz CT molecular complexity index is 628. The molecule has 0 aliphatic carbocycles. The van der Waals surface area contributed by atoms with Gasteiger partial charge in [0.15, 0.2) is 0 Å². The quantitative estimate of drug-likeness (QED) is 0.680. The normalized spacial score (nSPS) is 11.6. The maximum absolute atomic E-state index is 12.5. The number of aromatic nitrogens is 1. The summed E-state index contributed by atoms with van der Waals surface area (Å²) in [5.74, 6) is 1.21. The van der Waals surface area contributed by atoms with Crippen LogP contribution >= 0.6 is 7.60 Å². The molecule has 0 fully saturated rings. The first-order chi connectivity index (χ1) is 10.6. The molecule has 7 heteroatoms.